The van der Waals surface area contributed by atoms with Crippen LogP contribution < -0.4 is 10.6 Å². The zero-order valence-corrected chi connectivity index (χ0v) is 13.4. The molecule has 0 bridgehead atoms. The molecule has 1 heterocycles. The van der Waals surface area contributed by atoms with E-state index in [-0.39, 0.29) is 6.54 Å². The number of aliphatic hydroxyl groups excluding tert-OH is 1. The molecule has 22 heavy (non-hydrogen) atoms. The predicted molar refractivity (Wildman–Crippen MR) is 87.1 cm³/mol. The Morgan fingerprint density at radius 1 is 1.32 bits per heavy atom. The summed E-state index contributed by atoms with van der Waals surface area (Å²) in [6, 6.07) is 6.90. The van der Waals surface area contributed by atoms with Crippen LogP contribution in [0, 0.1) is 6.92 Å². The van der Waals surface area contributed by atoms with E-state index in [0.717, 1.165) is 5.56 Å². The van der Waals surface area contributed by atoms with Crippen LogP contribution in [0.15, 0.2) is 35.0 Å². The molecule has 116 valence electrons. The average Bonchev–Trinajstić information content (AvgIpc) is 3.03. The second kappa shape index (κ2) is 7.40. The Labute approximate surface area is 136 Å². The molecule has 0 radical (unpaired) electrons. The number of carbonyl (C=O) groups excluding carboxylic acids is 2. The molecule has 0 aliphatic rings. The van der Waals surface area contributed by atoms with Gasteiger partial charge in [0.05, 0.1) is 16.8 Å². The molecule has 1 aromatic carbocycles. The average molecular weight is 339 g/mol. The topological polar surface area (TPSA) is 78.4 Å². The van der Waals surface area contributed by atoms with Gasteiger partial charge in [0.15, 0.2) is 0 Å². The molecule has 2 amide bonds. The van der Waals surface area contributed by atoms with E-state index < -0.39 is 17.9 Å². The maximum absolute atomic E-state index is 11.8. The first-order valence-electron chi connectivity index (χ1n) is 6.53. The zero-order valence-electron chi connectivity index (χ0n) is 11.8. The van der Waals surface area contributed by atoms with Crippen LogP contribution in [-0.2, 0) is 9.59 Å². The van der Waals surface area contributed by atoms with Crippen molar-refractivity contribution < 1.29 is 14.7 Å². The van der Waals surface area contributed by atoms with Crippen molar-refractivity contribution >= 4 is 40.4 Å². The SMILES string of the molecule is Cc1cccc(NC(=O)C(=O)NCC(O)c2ccsc2)c1Cl. The van der Waals surface area contributed by atoms with Gasteiger partial charge in [0.2, 0.25) is 0 Å². The number of benzene rings is 1. The minimum absolute atomic E-state index is 0.0372. The van der Waals surface area contributed by atoms with Crippen molar-refractivity contribution in [1.29, 1.82) is 0 Å². The largest absolute Gasteiger partial charge is 0.387 e. The highest BCUT2D eigenvalue weighted by Gasteiger charge is 2.17. The lowest BCUT2D eigenvalue weighted by atomic mass is 10.2. The van der Waals surface area contributed by atoms with Crippen molar-refractivity contribution in [1.82, 2.24) is 5.32 Å². The molecule has 0 saturated carbocycles. The fourth-order valence-corrected chi connectivity index (χ4v) is 2.66. The smallest absolute Gasteiger partial charge is 0.313 e. The standard InChI is InChI=1S/C15H15ClN2O3S/c1-9-3-2-4-11(13(9)16)18-15(21)14(20)17-7-12(19)10-5-6-22-8-10/h2-6,8,12,19H,7H2,1H3,(H,17,20)(H,18,21). The van der Waals surface area contributed by atoms with Crippen LogP contribution in [0.3, 0.4) is 0 Å². The third-order valence-electron chi connectivity index (χ3n) is 3.03. The van der Waals surface area contributed by atoms with Crippen molar-refractivity contribution in [3.05, 3.63) is 51.2 Å². The van der Waals surface area contributed by atoms with E-state index in [1.807, 2.05) is 5.38 Å². The number of anilines is 1. The van der Waals surface area contributed by atoms with Crippen LogP contribution in [0.4, 0.5) is 5.69 Å². The van der Waals surface area contributed by atoms with Crippen molar-refractivity contribution in [2.45, 2.75) is 13.0 Å². The molecule has 7 heteroatoms. The van der Waals surface area contributed by atoms with Gasteiger partial charge in [-0.25, -0.2) is 0 Å². The molecule has 0 saturated heterocycles. The molecule has 0 aliphatic heterocycles. The molecule has 1 unspecified atom stereocenters. The van der Waals surface area contributed by atoms with Gasteiger partial charge in [-0.15, -0.1) is 0 Å². The summed E-state index contributed by atoms with van der Waals surface area (Å²) in [5.74, 6) is -1.66. The number of hydrogen-bond acceptors (Lipinski definition) is 4. The van der Waals surface area contributed by atoms with Crippen LogP contribution in [-0.4, -0.2) is 23.5 Å². The highest BCUT2D eigenvalue weighted by Crippen LogP contribution is 2.24. The van der Waals surface area contributed by atoms with Crippen molar-refractivity contribution in [2.75, 3.05) is 11.9 Å². The lowest BCUT2D eigenvalue weighted by Crippen LogP contribution is -2.37. The normalized spacial score (nSPS) is 11.8. The molecular weight excluding hydrogens is 324 g/mol. The molecule has 5 nitrogen and oxygen atoms in total. The first kappa shape index (κ1) is 16.5. The van der Waals surface area contributed by atoms with Gasteiger partial charge < -0.3 is 15.7 Å². The van der Waals surface area contributed by atoms with Gasteiger partial charge in [0.1, 0.15) is 0 Å². The number of aryl methyl sites for hydroxylation is 1. The zero-order chi connectivity index (χ0) is 16.1. The van der Waals surface area contributed by atoms with Crippen LogP contribution in [0.25, 0.3) is 0 Å². The lowest BCUT2D eigenvalue weighted by molar-refractivity contribution is -0.136. The van der Waals surface area contributed by atoms with Gasteiger partial charge in [-0.2, -0.15) is 11.3 Å². The number of thiophene rings is 1. The minimum Gasteiger partial charge on any atom is -0.387 e. The molecular formula is C15H15ClN2O3S. The second-order valence-electron chi connectivity index (χ2n) is 4.67. The van der Waals surface area contributed by atoms with Crippen molar-refractivity contribution in [3.8, 4) is 0 Å². The predicted octanol–water partition coefficient (Wildman–Crippen LogP) is 2.50. The summed E-state index contributed by atoms with van der Waals surface area (Å²) in [6.07, 6.45) is -0.842. The minimum atomic E-state index is -0.842. The second-order valence-corrected chi connectivity index (χ2v) is 5.83. The van der Waals surface area contributed by atoms with Gasteiger partial charge >= 0.3 is 11.8 Å². The molecule has 3 N–H and O–H groups in total. The van der Waals surface area contributed by atoms with Gasteiger partial charge in [-0.3, -0.25) is 9.59 Å². The van der Waals surface area contributed by atoms with Crippen LogP contribution in [0.1, 0.15) is 17.2 Å². The number of nitrogens with one attached hydrogen (secondary N) is 2. The maximum atomic E-state index is 11.8. The summed E-state index contributed by atoms with van der Waals surface area (Å²) in [5, 5.41) is 18.7. The summed E-state index contributed by atoms with van der Waals surface area (Å²) in [6.45, 7) is 1.76. The van der Waals surface area contributed by atoms with E-state index in [2.05, 4.69) is 10.6 Å². The highest BCUT2D eigenvalue weighted by atomic mass is 35.5. The number of aliphatic hydroxyl groups is 1. The van der Waals surface area contributed by atoms with E-state index in [1.165, 1.54) is 11.3 Å². The summed E-state index contributed by atoms with van der Waals surface area (Å²) in [4.78, 5) is 23.6. The summed E-state index contributed by atoms with van der Waals surface area (Å²) < 4.78 is 0. The first-order chi connectivity index (χ1) is 10.5. The number of carbonyl (C=O) groups is 2. The Balaban J connectivity index is 1.90. The van der Waals surface area contributed by atoms with Crippen LogP contribution >= 0.6 is 22.9 Å². The Morgan fingerprint density at radius 3 is 2.77 bits per heavy atom. The summed E-state index contributed by atoms with van der Waals surface area (Å²) >= 11 is 7.50. The molecule has 2 aromatic rings. The van der Waals surface area contributed by atoms with Crippen molar-refractivity contribution in [3.63, 3.8) is 0 Å². The number of hydrogen-bond donors (Lipinski definition) is 3. The van der Waals surface area contributed by atoms with Crippen LogP contribution in [0.2, 0.25) is 5.02 Å². The first-order valence-corrected chi connectivity index (χ1v) is 7.85. The molecule has 0 spiro atoms. The number of amides is 2. The van der Waals surface area contributed by atoms with Gasteiger partial charge in [-0.1, -0.05) is 23.7 Å². The maximum Gasteiger partial charge on any atom is 0.313 e. The molecule has 1 atom stereocenters. The van der Waals surface area contributed by atoms with Crippen molar-refractivity contribution in [2.24, 2.45) is 0 Å². The summed E-state index contributed by atoms with van der Waals surface area (Å²) in [7, 11) is 0. The molecule has 1 aromatic heterocycles. The molecule has 2 rings (SSSR count). The fourth-order valence-electron chi connectivity index (χ4n) is 1.78. The Morgan fingerprint density at radius 2 is 2.09 bits per heavy atom. The van der Waals surface area contributed by atoms with E-state index in [9.17, 15) is 14.7 Å². The van der Waals surface area contributed by atoms with Gasteiger partial charge in [0, 0.05) is 6.54 Å². The van der Waals surface area contributed by atoms with E-state index in [0.29, 0.717) is 16.3 Å². The third kappa shape index (κ3) is 4.07. The fraction of sp³-hybridized carbons (Fsp3) is 0.200. The van der Waals surface area contributed by atoms with E-state index >= 15 is 0 Å². The van der Waals surface area contributed by atoms with E-state index in [1.54, 1.807) is 36.6 Å². The Hall–Kier alpha value is -1.89. The van der Waals surface area contributed by atoms with E-state index in [4.69, 9.17) is 11.6 Å². The van der Waals surface area contributed by atoms with Gasteiger partial charge in [0.25, 0.3) is 0 Å². The number of halogens is 1. The van der Waals surface area contributed by atoms with Crippen LogP contribution in [0.5, 0.6) is 0 Å². The number of rotatable bonds is 4. The highest BCUT2D eigenvalue weighted by molar-refractivity contribution is 7.07. The summed E-state index contributed by atoms with van der Waals surface area (Å²) in [5.41, 5.74) is 1.88. The lowest BCUT2D eigenvalue weighted by Gasteiger charge is -2.11. The molecule has 0 fully saturated rings. The monoisotopic (exact) mass is 338 g/mol. The Bertz CT molecular complexity index is 673. The van der Waals surface area contributed by atoms with Gasteiger partial charge in [-0.05, 0) is 40.9 Å². The Kier molecular flexibility index (Phi) is 5.54. The third-order valence-corrected chi connectivity index (χ3v) is 4.23. The molecule has 0 aliphatic carbocycles. The quantitative estimate of drug-likeness (QED) is 0.749.